The minimum atomic E-state index is -0.0127. The summed E-state index contributed by atoms with van der Waals surface area (Å²) < 4.78 is 0. The van der Waals surface area contributed by atoms with E-state index < -0.39 is 0 Å². The molecule has 3 heteroatoms. The lowest BCUT2D eigenvalue weighted by Gasteiger charge is -2.07. The average Bonchev–Trinajstić information content (AvgIpc) is 2.38. The Kier molecular flexibility index (Phi) is 3.29. The lowest BCUT2D eigenvalue weighted by molar-refractivity contribution is 0.281. The lowest BCUT2D eigenvalue weighted by Crippen LogP contribution is -1.93. The molecule has 0 atom stereocenters. The maximum absolute atomic E-state index is 9.23. The molecule has 82 valence electrons. The molecule has 0 aliphatic carbocycles. The Morgan fingerprint density at radius 2 is 1.81 bits per heavy atom. The van der Waals surface area contributed by atoms with Crippen LogP contribution in [0.1, 0.15) is 11.1 Å². The Labute approximate surface area is 94.0 Å². The molecule has 1 aromatic heterocycles. The number of aliphatic hydroxyl groups is 2. The van der Waals surface area contributed by atoms with Crippen LogP contribution in [0.2, 0.25) is 0 Å². The van der Waals surface area contributed by atoms with Gasteiger partial charge in [-0.25, -0.2) is 0 Å². The zero-order chi connectivity index (χ0) is 11.4. The van der Waals surface area contributed by atoms with E-state index in [9.17, 15) is 5.11 Å². The summed E-state index contributed by atoms with van der Waals surface area (Å²) in [5.74, 6) is 0. The molecular formula is C13H13NO2. The molecule has 0 saturated heterocycles. The minimum absolute atomic E-state index is 0.00316. The number of hydrogen-bond acceptors (Lipinski definition) is 3. The number of hydrogen-bond donors (Lipinski definition) is 2. The average molecular weight is 215 g/mol. The molecular weight excluding hydrogens is 202 g/mol. The summed E-state index contributed by atoms with van der Waals surface area (Å²) in [7, 11) is 0. The summed E-state index contributed by atoms with van der Waals surface area (Å²) in [6, 6.07) is 11.2. The van der Waals surface area contributed by atoms with Crippen molar-refractivity contribution in [2.75, 3.05) is 0 Å². The van der Waals surface area contributed by atoms with Crippen LogP contribution in [0.5, 0.6) is 0 Å². The third-order valence-electron chi connectivity index (χ3n) is 2.47. The summed E-state index contributed by atoms with van der Waals surface area (Å²) >= 11 is 0. The molecule has 16 heavy (non-hydrogen) atoms. The van der Waals surface area contributed by atoms with Crippen molar-refractivity contribution in [3.63, 3.8) is 0 Å². The van der Waals surface area contributed by atoms with Gasteiger partial charge in [-0.15, -0.1) is 0 Å². The van der Waals surface area contributed by atoms with E-state index in [-0.39, 0.29) is 13.2 Å². The predicted molar refractivity (Wildman–Crippen MR) is 61.5 cm³/mol. The molecule has 2 rings (SSSR count). The van der Waals surface area contributed by atoms with Crippen LogP contribution in [0.3, 0.4) is 0 Å². The van der Waals surface area contributed by atoms with Gasteiger partial charge in [-0.2, -0.15) is 0 Å². The van der Waals surface area contributed by atoms with Gasteiger partial charge in [0, 0.05) is 11.8 Å². The molecule has 0 fully saturated rings. The van der Waals surface area contributed by atoms with Crippen LogP contribution >= 0.6 is 0 Å². The number of aromatic nitrogens is 1. The smallest absolute Gasteiger partial charge is 0.0709 e. The number of nitrogens with zero attached hydrogens (tertiary/aromatic N) is 1. The van der Waals surface area contributed by atoms with E-state index >= 15 is 0 Å². The topological polar surface area (TPSA) is 53.4 Å². The van der Waals surface area contributed by atoms with E-state index in [0.29, 0.717) is 0 Å². The molecule has 0 spiro atoms. The van der Waals surface area contributed by atoms with E-state index in [1.165, 1.54) is 0 Å². The van der Waals surface area contributed by atoms with Crippen LogP contribution in [-0.2, 0) is 13.2 Å². The van der Waals surface area contributed by atoms with Gasteiger partial charge in [0.15, 0.2) is 0 Å². The SMILES string of the molecule is OCc1ccnc(-c2ccccc2CO)c1. The highest BCUT2D eigenvalue weighted by Gasteiger charge is 2.05. The number of aliphatic hydroxyl groups excluding tert-OH is 2. The van der Waals surface area contributed by atoms with Gasteiger partial charge in [-0.05, 0) is 23.3 Å². The van der Waals surface area contributed by atoms with Gasteiger partial charge < -0.3 is 10.2 Å². The Morgan fingerprint density at radius 3 is 2.56 bits per heavy atom. The highest BCUT2D eigenvalue weighted by Crippen LogP contribution is 2.22. The highest BCUT2D eigenvalue weighted by molar-refractivity contribution is 5.63. The molecule has 2 aromatic rings. The zero-order valence-electron chi connectivity index (χ0n) is 8.80. The van der Waals surface area contributed by atoms with Crippen molar-refractivity contribution in [2.45, 2.75) is 13.2 Å². The van der Waals surface area contributed by atoms with E-state index in [1.54, 1.807) is 12.3 Å². The largest absolute Gasteiger partial charge is 0.392 e. The molecule has 3 nitrogen and oxygen atoms in total. The van der Waals surface area contributed by atoms with Crippen LogP contribution in [0.25, 0.3) is 11.3 Å². The fourth-order valence-electron chi connectivity index (χ4n) is 1.63. The van der Waals surface area contributed by atoms with Gasteiger partial charge in [0.05, 0.1) is 18.9 Å². The molecule has 0 radical (unpaired) electrons. The molecule has 1 aromatic carbocycles. The van der Waals surface area contributed by atoms with Gasteiger partial charge >= 0.3 is 0 Å². The van der Waals surface area contributed by atoms with Crippen molar-refractivity contribution >= 4 is 0 Å². The highest BCUT2D eigenvalue weighted by atomic mass is 16.3. The van der Waals surface area contributed by atoms with Crippen LogP contribution in [0.4, 0.5) is 0 Å². The molecule has 0 aliphatic heterocycles. The standard InChI is InChI=1S/C13H13NO2/c15-8-10-5-6-14-13(7-10)12-4-2-1-3-11(12)9-16/h1-7,15-16H,8-9H2. The Bertz CT molecular complexity index is 483. The van der Waals surface area contributed by atoms with Gasteiger partial charge in [-0.1, -0.05) is 24.3 Å². The second-order valence-electron chi connectivity index (χ2n) is 3.52. The van der Waals surface area contributed by atoms with Crippen molar-refractivity contribution in [1.29, 1.82) is 0 Å². The van der Waals surface area contributed by atoms with Crippen molar-refractivity contribution in [3.05, 3.63) is 53.7 Å². The molecule has 2 N–H and O–H groups in total. The van der Waals surface area contributed by atoms with Gasteiger partial charge in [-0.3, -0.25) is 4.98 Å². The third-order valence-corrected chi connectivity index (χ3v) is 2.47. The Morgan fingerprint density at radius 1 is 1.00 bits per heavy atom. The summed E-state index contributed by atoms with van der Waals surface area (Å²) in [5, 5.41) is 18.3. The van der Waals surface area contributed by atoms with E-state index in [1.807, 2.05) is 30.3 Å². The first kappa shape index (κ1) is 10.8. The molecule has 0 amide bonds. The molecule has 1 heterocycles. The first-order valence-electron chi connectivity index (χ1n) is 5.10. The first-order chi connectivity index (χ1) is 7.85. The second-order valence-corrected chi connectivity index (χ2v) is 3.52. The number of rotatable bonds is 3. The Hall–Kier alpha value is -1.71. The summed E-state index contributed by atoms with van der Waals surface area (Å²) in [5.41, 5.74) is 3.33. The van der Waals surface area contributed by atoms with E-state index in [4.69, 9.17) is 5.11 Å². The van der Waals surface area contributed by atoms with Crippen LogP contribution in [0, 0.1) is 0 Å². The van der Waals surface area contributed by atoms with E-state index in [2.05, 4.69) is 4.98 Å². The van der Waals surface area contributed by atoms with Crippen molar-refractivity contribution < 1.29 is 10.2 Å². The van der Waals surface area contributed by atoms with Gasteiger partial charge in [0.1, 0.15) is 0 Å². The van der Waals surface area contributed by atoms with Crippen molar-refractivity contribution in [1.82, 2.24) is 4.98 Å². The summed E-state index contributed by atoms with van der Waals surface area (Å²) in [6.07, 6.45) is 1.66. The van der Waals surface area contributed by atoms with Crippen LogP contribution in [-0.4, -0.2) is 15.2 Å². The number of pyridine rings is 1. The lowest BCUT2D eigenvalue weighted by atomic mass is 10.0. The first-order valence-corrected chi connectivity index (χ1v) is 5.10. The summed E-state index contributed by atoms with van der Waals surface area (Å²) in [6.45, 7) is -0.0159. The second kappa shape index (κ2) is 4.88. The van der Waals surface area contributed by atoms with Gasteiger partial charge in [0.25, 0.3) is 0 Å². The summed E-state index contributed by atoms with van der Waals surface area (Å²) in [4.78, 5) is 4.24. The van der Waals surface area contributed by atoms with Gasteiger partial charge in [0.2, 0.25) is 0 Å². The number of benzene rings is 1. The Balaban J connectivity index is 2.49. The third kappa shape index (κ3) is 2.10. The molecule has 0 bridgehead atoms. The van der Waals surface area contributed by atoms with Crippen LogP contribution in [0.15, 0.2) is 42.6 Å². The molecule has 0 saturated carbocycles. The van der Waals surface area contributed by atoms with E-state index in [0.717, 1.165) is 22.4 Å². The normalized spacial score (nSPS) is 10.4. The maximum Gasteiger partial charge on any atom is 0.0709 e. The monoisotopic (exact) mass is 215 g/mol. The minimum Gasteiger partial charge on any atom is -0.392 e. The zero-order valence-corrected chi connectivity index (χ0v) is 8.80. The predicted octanol–water partition coefficient (Wildman–Crippen LogP) is 1.73. The fourth-order valence-corrected chi connectivity index (χ4v) is 1.63. The van der Waals surface area contributed by atoms with Crippen molar-refractivity contribution in [2.24, 2.45) is 0 Å². The maximum atomic E-state index is 9.23. The quantitative estimate of drug-likeness (QED) is 0.819. The van der Waals surface area contributed by atoms with Crippen molar-refractivity contribution in [3.8, 4) is 11.3 Å². The fraction of sp³-hybridized carbons (Fsp3) is 0.154. The van der Waals surface area contributed by atoms with Crippen LogP contribution < -0.4 is 0 Å². The molecule has 0 unspecified atom stereocenters. The molecule has 0 aliphatic rings.